The average molecular weight is 1700 g/mol. The SMILES string of the molecule is CCC(C)C(=O)Oc1cc(N(c2cccc(C)c2)c2cccc(C)c2)cc(N(c2cccc(C)c2)c2cccc(C)c2)c1.CCC(C)c1cc(N(c2cccc(C)c2)c2cccc(C)c2)cc(N(c2cccc(C)c2)c2cccc(C)c2)c1.CCC(C)c1ccc(COc2ccc(N(c3ccc(N(c4ccccc4)c4cccc(C)c4)cc3)c3cccc(C)c3)cc2)cc1. The summed E-state index contributed by atoms with van der Waals surface area (Å²) in [5.74, 6) is 1.92. The zero-order valence-corrected chi connectivity index (χ0v) is 77.8. The maximum absolute atomic E-state index is 13.1. The first-order valence-electron chi connectivity index (χ1n) is 45.5. The Labute approximate surface area is 767 Å². The van der Waals surface area contributed by atoms with Gasteiger partial charge in [0.1, 0.15) is 18.1 Å². The van der Waals surface area contributed by atoms with Gasteiger partial charge < -0.3 is 38.9 Å². The fourth-order valence-corrected chi connectivity index (χ4v) is 16.4. The second-order valence-corrected chi connectivity index (χ2v) is 34.6. The van der Waals surface area contributed by atoms with E-state index >= 15 is 0 Å². The van der Waals surface area contributed by atoms with Crippen LogP contribution in [-0.4, -0.2) is 5.97 Å². The Morgan fingerprint density at radius 3 is 0.729 bits per heavy atom. The van der Waals surface area contributed by atoms with Crippen LogP contribution in [-0.2, 0) is 11.4 Å². The molecule has 16 aromatic rings. The molecule has 0 aliphatic heterocycles. The van der Waals surface area contributed by atoms with E-state index < -0.39 is 0 Å². The van der Waals surface area contributed by atoms with E-state index in [-0.39, 0.29) is 11.9 Å². The summed E-state index contributed by atoms with van der Waals surface area (Å²) >= 11 is 0. The van der Waals surface area contributed by atoms with Crippen LogP contribution in [0.2, 0.25) is 0 Å². The third-order valence-corrected chi connectivity index (χ3v) is 23.9. The summed E-state index contributed by atoms with van der Waals surface area (Å²) in [5, 5.41) is 0. The number of anilines is 18. The Hall–Kier alpha value is -14.4. The molecule has 0 aliphatic rings. The minimum absolute atomic E-state index is 0.207. The molecule has 0 amide bonds. The highest BCUT2D eigenvalue weighted by atomic mass is 16.5. The van der Waals surface area contributed by atoms with E-state index in [1.807, 2.05) is 26.0 Å². The Bertz CT molecular complexity index is 6030. The highest BCUT2D eigenvalue weighted by molar-refractivity contribution is 5.89. The first-order valence-corrected chi connectivity index (χ1v) is 45.5. The molecule has 0 heterocycles. The van der Waals surface area contributed by atoms with Crippen LogP contribution in [0, 0.1) is 75.2 Å². The molecule has 0 radical (unpaired) electrons. The molecule has 0 bridgehead atoms. The van der Waals surface area contributed by atoms with Gasteiger partial charge in [-0.2, -0.15) is 0 Å². The fourth-order valence-electron chi connectivity index (χ4n) is 16.4. The van der Waals surface area contributed by atoms with Gasteiger partial charge in [0.2, 0.25) is 0 Å². The van der Waals surface area contributed by atoms with Crippen LogP contribution >= 0.6 is 0 Å². The molecule has 16 aromatic carbocycles. The van der Waals surface area contributed by atoms with Crippen molar-refractivity contribution in [2.24, 2.45) is 5.92 Å². The van der Waals surface area contributed by atoms with E-state index in [0.717, 1.165) is 143 Å². The standard InChI is InChI=1S/C43H42N2O.C39H40N2O2.C38H40N2/c1-5-34(4)36-19-17-35(18-20-36)31-46-43-27-25-40(26-28-43)45(42-16-10-12-33(3)30-42)39-23-21-38(22-24-39)44(37-13-7-6-8-14-37)41-15-9-11-32(2)29-41;1-7-31(6)39(42)43-38-25-36(40(32-16-8-12-27(2)20-32)33-17-9-13-28(3)21-33)24-37(26-38)41(34-18-10-14-29(4)22-34)35-19-11-15-30(5)23-35;1-7-31(6)32-24-37(39(33-16-8-12-27(2)20-33)34-17-9-13-28(3)21-34)26-38(25-32)40(35-18-10-14-29(4)22-35)36-19-11-15-30(5)23-36/h6-30,34H,5,31H2,1-4H3;8-26,31H,7H2,1-6H3;8-26,31H,7H2,1-6H3. The molecule has 0 saturated carbocycles. The van der Waals surface area contributed by atoms with Gasteiger partial charge in [-0.1, -0.05) is 205 Å². The quantitative estimate of drug-likeness (QED) is 0.0353. The summed E-state index contributed by atoms with van der Waals surface area (Å²) in [4.78, 5) is 27.0. The van der Waals surface area contributed by atoms with E-state index in [9.17, 15) is 4.79 Å². The lowest BCUT2D eigenvalue weighted by atomic mass is 9.96. The normalized spacial score (nSPS) is 11.6. The number of rotatable bonds is 28. The van der Waals surface area contributed by atoms with E-state index in [1.54, 1.807) is 0 Å². The number of carbonyl (C=O) groups is 1. The summed E-state index contributed by atoms with van der Waals surface area (Å²) < 4.78 is 12.3. The zero-order valence-electron chi connectivity index (χ0n) is 77.8. The molecule has 9 heteroatoms. The van der Waals surface area contributed by atoms with Gasteiger partial charge in [-0.25, -0.2) is 0 Å². The molecule has 16 rings (SSSR count). The largest absolute Gasteiger partial charge is 0.489 e. The fraction of sp³-hybridized carbons (Fsp3) is 0.192. The number of ether oxygens (including phenoxy) is 2. The van der Waals surface area contributed by atoms with Crippen LogP contribution < -0.4 is 38.9 Å². The van der Waals surface area contributed by atoms with E-state index in [2.05, 4.69) is 496 Å². The van der Waals surface area contributed by atoms with Crippen LogP contribution in [0.3, 0.4) is 0 Å². The van der Waals surface area contributed by atoms with Crippen molar-refractivity contribution in [3.8, 4) is 11.5 Å². The Balaban J connectivity index is 0.000000157. The van der Waals surface area contributed by atoms with Crippen LogP contribution in [0.1, 0.15) is 145 Å². The third kappa shape index (κ3) is 23.3. The van der Waals surface area contributed by atoms with Crippen LogP contribution in [0.5, 0.6) is 11.5 Å². The van der Waals surface area contributed by atoms with Gasteiger partial charge in [0.25, 0.3) is 0 Å². The maximum atomic E-state index is 13.1. The Morgan fingerprint density at radius 1 is 0.225 bits per heavy atom. The number of para-hydroxylation sites is 1. The van der Waals surface area contributed by atoms with E-state index in [1.165, 1.54) is 50.1 Å². The van der Waals surface area contributed by atoms with Gasteiger partial charge in [-0.15, -0.1) is 0 Å². The molecule has 0 spiro atoms. The van der Waals surface area contributed by atoms with Crippen molar-refractivity contribution in [3.63, 3.8) is 0 Å². The molecule has 9 nitrogen and oxygen atoms in total. The molecule has 0 fully saturated rings. The molecule has 129 heavy (non-hydrogen) atoms. The first kappa shape index (κ1) is 90.8. The monoisotopic (exact) mass is 1690 g/mol. The molecule has 3 unspecified atom stereocenters. The predicted octanol–water partition coefficient (Wildman–Crippen LogP) is 34.5. The summed E-state index contributed by atoms with van der Waals surface area (Å²) in [6.45, 7) is 34.9. The lowest BCUT2D eigenvalue weighted by molar-refractivity contribution is -0.138. The van der Waals surface area contributed by atoms with Crippen molar-refractivity contribution in [2.75, 3.05) is 29.4 Å². The van der Waals surface area contributed by atoms with Gasteiger partial charge in [-0.05, 0) is 379 Å². The molecule has 0 N–H and O–H groups in total. The van der Waals surface area contributed by atoms with Crippen molar-refractivity contribution >= 4 is 108 Å². The van der Waals surface area contributed by atoms with Crippen molar-refractivity contribution in [1.82, 2.24) is 0 Å². The topological polar surface area (TPSA) is 55.0 Å². The van der Waals surface area contributed by atoms with E-state index in [4.69, 9.17) is 9.47 Å². The first-order chi connectivity index (χ1) is 62.5. The number of aryl methyl sites for hydroxylation is 10. The Morgan fingerprint density at radius 2 is 0.465 bits per heavy atom. The highest BCUT2D eigenvalue weighted by Gasteiger charge is 2.26. The summed E-state index contributed by atoms with van der Waals surface area (Å²) in [6, 6.07) is 136. The maximum Gasteiger partial charge on any atom is 0.314 e. The lowest BCUT2D eigenvalue weighted by Crippen LogP contribution is -2.18. The number of hydrogen-bond donors (Lipinski definition) is 0. The van der Waals surface area contributed by atoms with Gasteiger partial charge in [-0.3, -0.25) is 4.79 Å². The van der Waals surface area contributed by atoms with Crippen molar-refractivity contribution in [2.45, 2.75) is 148 Å². The number of nitrogens with zero attached hydrogens (tertiary/aromatic N) is 6. The predicted molar refractivity (Wildman–Crippen MR) is 548 cm³/mol. The molecule has 650 valence electrons. The minimum Gasteiger partial charge on any atom is -0.489 e. The minimum atomic E-state index is -0.235. The van der Waals surface area contributed by atoms with Gasteiger partial charge in [0, 0.05) is 103 Å². The molecule has 0 aliphatic carbocycles. The number of esters is 1. The molecule has 0 saturated heterocycles. The number of benzene rings is 16. The van der Waals surface area contributed by atoms with Gasteiger partial charge >= 0.3 is 5.97 Å². The Kier molecular flexibility index (Phi) is 30.1. The second kappa shape index (κ2) is 42.7. The second-order valence-electron chi connectivity index (χ2n) is 34.6. The highest BCUT2D eigenvalue weighted by Crippen LogP contribution is 2.48. The van der Waals surface area contributed by atoms with Gasteiger partial charge in [0.05, 0.1) is 17.3 Å². The summed E-state index contributed by atoms with van der Waals surface area (Å²) in [5.41, 5.74) is 35.5. The van der Waals surface area contributed by atoms with Crippen molar-refractivity contribution < 1.29 is 14.3 Å². The third-order valence-electron chi connectivity index (χ3n) is 23.9. The average Bonchev–Trinajstić information content (AvgIpc) is 0.766. The van der Waals surface area contributed by atoms with Crippen molar-refractivity contribution in [3.05, 3.63) is 455 Å². The smallest absolute Gasteiger partial charge is 0.314 e. The van der Waals surface area contributed by atoms with Crippen LogP contribution in [0.4, 0.5) is 102 Å². The summed E-state index contributed by atoms with van der Waals surface area (Å²) in [6.07, 6.45) is 2.93. The van der Waals surface area contributed by atoms with Crippen LogP contribution in [0.15, 0.2) is 382 Å². The van der Waals surface area contributed by atoms with Gasteiger partial charge in [0.15, 0.2) is 0 Å². The molecule has 3 atom stereocenters. The van der Waals surface area contributed by atoms with E-state index in [0.29, 0.717) is 30.6 Å². The molecular weight excluding hydrogens is 1570 g/mol. The summed E-state index contributed by atoms with van der Waals surface area (Å²) in [7, 11) is 0. The molecular formula is C120H122N6O3. The molecule has 0 aromatic heterocycles. The van der Waals surface area contributed by atoms with Crippen LogP contribution in [0.25, 0.3) is 0 Å². The number of carbonyl (C=O) groups excluding carboxylic acids is 1. The van der Waals surface area contributed by atoms with Crippen molar-refractivity contribution in [1.29, 1.82) is 0 Å². The lowest BCUT2D eigenvalue weighted by Gasteiger charge is -2.31. The zero-order chi connectivity index (χ0) is 90.6. The number of hydrogen-bond acceptors (Lipinski definition) is 9.